The average molecular weight is 340 g/mol. The van der Waals surface area contributed by atoms with Crippen LogP contribution in [0, 0.1) is 11.8 Å². The van der Waals surface area contributed by atoms with Gasteiger partial charge in [0.1, 0.15) is 6.10 Å². The summed E-state index contributed by atoms with van der Waals surface area (Å²) in [5.74, 6) is 0.764. The maximum atomic E-state index is 6.14. The fraction of sp³-hybridized carbons (Fsp3) is 0.429. The van der Waals surface area contributed by atoms with Gasteiger partial charge in [-0.1, -0.05) is 60.7 Å². The van der Waals surface area contributed by atoms with E-state index >= 15 is 0 Å². The van der Waals surface area contributed by atoms with Gasteiger partial charge in [-0.25, -0.2) is 0 Å². The molecule has 0 bridgehead atoms. The van der Waals surface area contributed by atoms with Gasteiger partial charge < -0.3 is 18.9 Å². The molecule has 0 spiro atoms. The summed E-state index contributed by atoms with van der Waals surface area (Å²) in [4.78, 5) is 0. The second-order valence-corrected chi connectivity index (χ2v) is 6.71. The van der Waals surface area contributed by atoms with Gasteiger partial charge >= 0.3 is 0 Å². The molecule has 1 saturated carbocycles. The first kappa shape index (κ1) is 16.7. The molecule has 1 saturated heterocycles. The quantitative estimate of drug-likeness (QED) is 0.738. The summed E-state index contributed by atoms with van der Waals surface area (Å²) < 4.78 is 23.4. The molecule has 25 heavy (non-hydrogen) atoms. The van der Waals surface area contributed by atoms with Crippen LogP contribution < -0.4 is 0 Å². The van der Waals surface area contributed by atoms with Crippen molar-refractivity contribution in [3.05, 3.63) is 71.8 Å². The number of fused-ring (bicyclic) bond motifs is 1. The number of rotatable bonds is 8. The van der Waals surface area contributed by atoms with Gasteiger partial charge in [-0.15, -0.1) is 0 Å². The summed E-state index contributed by atoms with van der Waals surface area (Å²) in [5, 5.41) is 0. The highest BCUT2D eigenvalue weighted by Gasteiger charge is 2.64. The minimum absolute atomic E-state index is 0.0273. The van der Waals surface area contributed by atoms with E-state index in [0.717, 1.165) is 0 Å². The van der Waals surface area contributed by atoms with E-state index in [1.165, 1.54) is 11.1 Å². The van der Waals surface area contributed by atoms with Crippen LogP contribution in [0.3, 0.4) is 0 Å². The topological polar surface area (TPSA) is 36.9 Å². The lowest BCUT2D eigenvalue weighted by Gasteiger charge is -2.23. The molecule has 0 aromatic heterocycles. The minimum atomic E-state index is -0.274. The van der Waals surface area contributed by atoms with E-state index in [4.69, 9.17) is 18.9 Å². The molecule has 1 aliphatic carbocycles. The third-order valence-corrected chi connectivity index (χ3v) is 5.03. The van der Waals surface area contributed by atoms with Crippen LogP contribution in [0.15, 0.2) is 60.7 Å². The van der Waals surface area contributed by atoms with E-state index in [1.54, 1.807) is 7.11 Å². The fourth-order valence-electron chi connectivity index (χ4n) is 3.64. The Morgan fingerprint density at radius 2 is 1.52 bits per heavy atom. The molecule has 2 aromatic carbocycles. The zero-order chi connectivity index (χ0) is 17.1. The predicted molar refractivity (Wildman–Crippen MR) is 93.8 cm³/mol. The Hall–Kier alpha value is -1.72. The van der Waals surface area contributed by atoms with Crippen LogP contribution in [0.5, 0.6) is 0 Å². The van der Waals surface area contributed by atoms with Gasteiger partial charge in [0.15, 0.2) is 6.29 Å². The van der Waals surface area contributed by atoms with E-state index in [1.807, 2.05) is 36.4 Å². The second kappa shape index (κ2) is 7.67. The monoisotopic (exact) mass is 340 g/mol. The Morgan fingerprint density at radius 1 is 0.880 bits per heavy atom. The summed E-state index contributed by atoms with van der Waals surface area (Å²) in [5.41, 5.74) is 2.36. The smallest absolute Gasteiger partial charge is 0.184 e. The van der Waals surface area contributed by atoms with Gasteiger partial charge in [-0.05, 0) is 11.1 Å². The molecule has 2 aliphatic rings. The molecular weight excluding hydrogens is 316 g/mol. The Balaban J connectivity index is 1.28. The van der Waals surface area contributed by atoms with Crippen molar-refractivity contribution in [2.24, 2.45) is 11.8 Å². The third kappa shape index (κ3) is 3.77. The largest absolute Gasteiger partial charge is 0.376 e. The van der Waals surface area contributed by atoms with E-state index in [2.05, 4.69) is 24.3 Å². The van der Waals surface area contributed by atoms with Crippen LogP contribution in [0.25, 0.3) is 0 Å². The molecule has 4 rings (SSSR count). The minimum Gasteiger partial charge on any atom is -0.376 e. The van der Waals surface area contributed by atoms with E-state index in [9.17, 15) is 0 Å². The summed E-state index contributed by atoms with van der Waals surface area (Å²) in [6.07, 6.45) is -0.105. The predicted octanol–water partition coefficient (Wildman–Crippen LogP) is 3.41. The SMILES string of the molecule is CO[C@@H]1O[C@@H]2[C@H](COCc3ccccc3)[C@@H]2[C@@H]1OCc1ccccc1. The molecule has 132 valence electrons. The summed E-state index contributed by atoms with van der Waals surface area (Å²) >= 11 is 0. The van der Waals surface area contributed by atoms with E-state index in [-0.39, 0.29) is 18.5 Å². The van der Waals surface area contributed by atoms with Crippen LogP contribution in [-0.2, 0) is 32.2 Å². The van der Waals surface area contributed by atoms with Gasteiger partial charge in [0.2, 0.25) is 0 Å². The lowest BCUT2D eigenvalue weighted by Crippen LogP contribution is -2.32. The molecule has 2 aromatic rings. The molecule has 5 atom stereocenters. The summed E-state index contributed by atoms with van der Waals surface area (Å²) in [7, 11) is 1.68. The van der Waals surface area contributed by atoms with E-state index < -0.39 is 0 Å². The Kier molecular flexibility index (Phi) is 5.13. The van der Waals surface area contributed by atoms with Crippen LogP contribution in [-0.4, -0.2) is 32.2 Å². The molecule has 4 nitrogen and oxygen atoms in total. The molecule has 2 fully saturated rings. The molecule has 1 heterocycles. The van der Waals surface area contributed by atoms with Crippen molar-refractivity contribution in [2.75, 3.05) is 13.7 Å². The van der Waals surface area contributed by atoms with Crippen molar-refractivity contribution in [3.63, 3.8) is 0 Å². The molecule has 0 unspecified atom stereocenters. The lowest BCUT2D eigenvalue weighted by atomic mass is 10.2. The molecule has 0 N–H and O–H groups in total. The highest BCUT2D eigenvalue weighted by Crippen LogP contribution is 2.53. The number of ether oxygens (including phenoxy) is 4. The highest BCUT2D eigenvalue weighted by atomic mass is 16.7. The third-order valence-electron chi connectivity index (χ3n) is 5.03. The van der Waals surface area contributed by atoms with E-state index in [0.29, 0.717) is 31.7 Å². The first-order valence-electron chi connectivity index (χ1n) is 8.82. The van der Waals surface area contributed by atoms with Crippen molar-refractivity contribution < 1.29 is 18.9 Å². The molecule has 0 amide bonds. The Labute approximate surface area is 148 Å². The summed E-state index contributed by atoms with van der Waals surface area (Å²) in [6, 6.07) is 20.4. The maximum Gasteiger partial charge on any atom is 0.184 e. The van der Waals surface area contributed by atoms with Crippen LogP contribution in [0.4, 0.5) is 0 Å². The number of hydrogen-bond acceptors (Lipinski definition) is 4. The van der Waals surface area contributed by atoms with Gasteiger partial charge in [0, 0.05) is 18.9 Å². The second-order valence-electron chi connectivity index (χ2n) is 6.71. The van der Waals surface area contributed by atoms with Gasteiger partial charge in [0.25, 0.3) is 0 Å². The van der Waals surface area contributed by atoms with Gasteiger partial charge in [0.05, 0.1) is 25.9 Å². The van der Waals surface area contributed by atoms with Crippen molar-refractivity contribution in [2.45, 2.75) is 31.7 Å². The van der Waals surface area contributed by atoms with Crippen molar-refractivity contribution in [3.8, 4) is 0 Å². The fourth-order valence-corrected chi connectivity index (χ4v) is 3.64. The lowest BCUT2D eigenvalue weighted by molar-refractivity contribution is -0.180. The first-order chi connectivity index (χ1) is 12.4. The van der Waals surface area contributed by atoms with Crippen molar-refractivity contribution >= 4 is 0 Å². The number of benzene rings is 2. The Morgan fingerprint density at radius 3 is 2.16 bits per heavy atom. The Bertz CT molecular complexity index is 660. The first-order valence-corrected chi connectivity index (χ1v) is 8.82. The molecular formula is C21H24O4. The van der Waals surface area contributed by atoms with Gasteiger partial charge in [-0.2, -0.15) is 0 Å². The van der Waals surface area contributed by atoms with Crippen LogP contribution in [0.1, 0.15) is 11.1 Å². The van der Waals surface area contributed by atoms with Crippen molar-refractivity contribution in [1.82, 2.24) is 0 Å². The van der Waals surface area contributed by atoms with Gasteiger partial charge in [-0.3, -0.25) is 0 Å². The normalized spacial score (nSPS) is 30.2. The number of hydrogen-bond donors (Lipinski definition) is 0. The molecule has 1 aliphatic heterocycles. The maximum absolute atomic E-state index is 6.14. The average Bonchev–Trinajstić information content (AvgIpc) is 3.20. The van der Waals surface area contributed by atoms with Crippen LogP contribution >= 0.6 is 0 Å². The van der Waals surface area contributed by atoms with Crippen LogP contribution in [0.2, 0.25) is 0 Å². The zero-order valence-corrected chi connectivity index (χ0v) is 14.4. The highest BCUT2D eigenvalue weighted by molar-refractivity contribution is 5.15. The zero-order valence-electron chi connectivity index (χ0n) is 14.4. The molecule has 0 radical (unpaired) electrons. The summed E-state index contributed by atoms with van der Waals surface area (Å²) in [6.45, 7) is 1.92. The standard InChI is InChI=1S/C21H24O4/c1-22-21-20(24-13-16-10-6-3-7-11-16)18-17(19(18)25-21)14-23-12-15-8-4-2-5-9-15/h2-11,17-21H,12-14H2,1H3/t17-,18+,19-,20+,21-/m1/s1. The van der Waals surface area contributed by atoms with Crippen molar-refractivity contribution in [1.29, 1.82) is 0 Å². The molecule has 4 heteroatoms. The number of methoxy groups -OCH3 is 1.